The lowest BCUT2D eigenvalue weighted by atomic mass is 9.68. The summed E-state index contributed by atoms with van der Waals surface area (Å²) in [5, 5.41) is 3.23. The Bertz CT molecular complexity index is 820. The smallest absolute Gasteiger partial charge is 0.336 e. The Balaban J connectivity index is 2.21. The first-order chi connectivity index (χ1) is 11.7. The number of allylic oxidation sites excluding steroid dienone is 3. The Morgan fingerprint density at radius 1 is 1.32 bits per heavy atom. The van der Waals surface area contributed by atoms with E-state index in [4.69, 9.17) is 4.74 Å². The maximum Gasteiger partial charge on any atom is 0.336 e. The summed E-state index contributed by atoms with van der Waals surface area (Å²) in [6.45, 7) is 5.87. The highest BCUT2D eigenvalue weighted by Gasteiger charge is 2.43. The summed E-state index contributed by atoms with van der Waals surface area (Å²) in [6.07, 6.45) is 1.10. The third-order valence-electron chi connectivity index (χ3n) is 4.83. The van der Waals surface area contributed by atoms with Gasteiger partial charge in [-0.3, -0.25) is 4.79 Å². The zero-order valence-corrected chi connectivity index (χ0v) is 14.9. The molecule has 1 N–H and O–H groups in total. The van der Waals surface area contributed by atoms with Gasteiger partial charge in [0.2, 0.25) is 0 Å². The molecular weight excluding hydrogens is 321 g/mol. The molecule has 1 heterocycles. The van der Waals surface area contributed by atoms with Crippen molar-refractivity contribution >= 4 is 11.8 Å². The molecule has 0 fully saturated rings. The highest BCUT2D eigenvalue weighted by atomic mass is 19.1. The number of esters is 1. The summed E-state index contributed by atoms with van der Waals surface area (Å²) in [6, 6.07) is 6.06. The molecule has 0 unspecified atom stereocenters. The van der Waals surface area contributed by atoms with Gasteiger partial charge >= 0.3 is 5.97 Å². The van der Waals surface area contributed by atoms with Crippen molar-refractivity contribution in [1.82, 2.24) is 5.32 Å². The third-order valence-corrected chi connectivity index (χ3v) is 4.83. The molecule has 1 aromatic carbocycles. The highest BCUT2D eigenvalue weighted by molar-refractivity contribution is 6.04. The fraction of sp³-hybridized carbons (Fsp3) is 0.400. The van der Waals surface area contributed by atoms with Crippen LogP contribution in [0.3, 0.4) is 0 Å². The minimum atomic E-state index is -0.608. The van der Waals surface area contributed by atoms with E-state index in [2.05, 4.69) is 5.32 Å². The number of dihydropyridines is 1. The van der Waals surface area contributed by atoms with Gasteiger partial charge in [0.1, 0.15) is 5.82 Å². The molecule has 0 amide bonds. The quantitative estimate of drug-likeness (QED) is 0.834. The number of halogens is 1. The third kappa shape index (κ3) is 3.11. The molecule has 25 heavy (non-hydrogen) atoms. The zero-order valence-electron chi connectivity index (χ0n) is 14.9. The van der Waals surface area contributed by atoms with Crippen molar-refractivity contribution in [3.05, 3.63) is 58.2 Å². The van der Waals surface area contributed by atoms with Crippen molar-refractivity contribution in [3.63, 3.8) is 0 Å². The number of ether oxygens (including phenoxy) is 1. The molecule has 1 aromatic rings. The molecule has 0 aromatic heterocycles. The van der Waals surface area contributed by atoms with Gasteiger partial charge in [-0.15, -0.1) is 0 Å². The summed E-state index contributed by atoms with van der Waals surface area (Å²) in [4.78, 5) is 25.3. The van der Waals surface area contributed by atoms with Gasteiger partial charge in [-0.1, -0.05) is 26.0 Å². The number of hydrogen-bond acceptors (Lipinski definition) is 4. The summed E-state index contributed by atoms with van der Waals surface area (Å²) >= 11 is 0. The van der Waals surface area contributed by atoms with Gasteiger partial charge in [-0.05, 0) is 36.5 Å². The van der Waals surface area contributed by atoms with Crippen LogP contribution in [0.4, 0.5) is 4.39 Å². The van der Waals surface area contributed by atoms with Crippen LogP contribution in [-0.4, -0.2) is 18.9 Å². The average molecular weight is 343 g/mol. The molecule has 0 radical (unpaired) electrons. The SMILES string of the molecule is COC(=O)C1=C(C)NC2=C(C(=O)CC(C)(C)C2)[C@@H]1c1cccc(F)c1. The largest absolute Gasteiger partial charge is 0.466 e. The van der Waals surface area contributed by atoms with E-state index >= 15 is 0 Å². The predicted molar refractivity (Wildman–Crippen MR) is 92.0 cm³/mol. The molecule has 4 nitrogen and oxygen atoms in total. The highest BCUT2D eigenvalue weighted by Crippen LogP contribution is 2.46. The van der Waals surface area contributed by atoms with Crippen molar-refractivity contribution in [1.29, 1.82) is 0 Å². The van der Waals surface area contributed by atoms with Gasteiger partial charge in [-0.25, -0.2) is 9.18 Å². The van der Waals surface area contributed by atoms with Gasteiger partial charge in [0.05, 0.1) is 12.7 Å². The number of Topliss-reactive ketones (excluding diaryl/α,β-unsaturated/α-hetero) is 1. The molecule has 3 rings (SSSR count). The van der Waals surface area contributed by atoms with Crippen molar-refractivity contribution in [2.75, 3.05) is 7.11 Å². The number of methoxy groups -OCH3 is 1. The van der Waals surface area contributed by atoms with Crippen LogP contribution < -0.4 is 5.32 Å². The molecule has 1 atom stereocenters. The van der Waals surface area contributed by atoms with Crippen LogP contribution >= 0.6 is 0 Å². The molecule has 0 spiro atoms. The topological polar surface area (TPSA) is 55.4 Å². The van der Waals surface area contributed by atoms with E-state index in [0.29, 0.717) is 35.2 Å². The molecule has 132 valence electrons. The number of ketones is 1. The van der Waals surface area contributed by atoms with E-state index in [9.17, 15) is 14.0 Å². The second-order valence-electron chi connectivity index (χ2n) is 7.48. The number of hydrogen-bond donors (Lipinski definition) is 1. The van der Waals surface area contributed by atoms with Gasteiger partial charge in [0.25, 0.3) is 0 Å². The molecule has 0 bridgehead atoms. The number of carbonyl (C=O) groups excluding carboxylic acids is 2. The Morgan fingerprint density at radius 3 is 2.68 bits per heavy atom. The molecule has 0 saturated carbocycles. The number of nitrogens with one attached hydrogen (secondary N) is 1. The van der Waals surface area contributed by atoms with Gasteiger partial charge in [-0.2, -0.15) is 0 Å². The van der Waals surface area contributed by atoms with Gasteiger partial charge in [0, 0.05) is 29.3 Å². The maximum atomic E-state index is 13.8. The first-order valence-corrected chi connectivity index (χ1v) is 8.31. The summed E-state index contributed by atoms with van der Waals surface area (Å²) in [5.74, 6) is -1.53. The van der Waals surface area contributed by atoms with Crippen molar-refractivity contribution in [2.45, 2.75) is 39.5 Å². The number of rotatable bonds is 2. The van der Waals surface area contributed by atoms with Gasteiger partial charge in [0.15, 0.2) is 5.78 Å². The maximum absolute atomic E-state index is 13.8. The second-order valence-corrected chi connectivity index (χ2v) is 7.48. The first-order valence-electron chi connectivity index (χ1n) is 8.31. The number of carbonyl (C=O) groups is 2. The van der Waals surface area contributed by atoms with Crippen LogP contribution in [0.5, 0.6) is 0 Å². The van der Waals surface area contributed by atoms with Crippen LogP contribution in [0.15, 0.2) is 46.8 Å². The molecular formula is C20H22FNO3. The van der Waals surface area contributed by atoms with Gasteiger partial charge < -0.3 is 10.1 Å². The van der Waals surface area contributed by atoms with Crippen LogP contribution in [-0.2, 0) is 14.3 Å². The Hall–Kier alpha value is -2.43. The zero-order chi connectivity index (χ0) is 18.4. The Kier molecular flexibility index (Phi) is 4.27. The van der Waals surface area contributed by atoms with E-state index in [1.54, 1.807) is 19.1 Å². The average Bonchev–Trinajstić information content (AvgIpc) is 2.51. The molecule has 2 aliphatic rings. The van der Waals surface area contributed by atoms with Crippen LogP contribution in [0.1, 0.15) is 45.1 Å². The lowest BCUT2D eigenvalue weighted by Gasteiger charge is -2.39. The minimum Gasteiger partial charge on any atom is -0.466 e. The molecule has 1 aliphatic carbocycles. The van der Waals surface area contributed by atoms with Crippen LogP contribution in [0.25, 0.3) is 0 Å². The van der Waals surface area contributed by atoms with E-state index in [0.717, 1.165) is 5.70 Å². The molecule has 5 heteroatoms. The van der Waals surface area contributed by atoms with Crippen LogP contribution in [0, 0.1) is 11.2 Å². The number of benzene rings is 1. The summed E-state index contributed by atoms with van der Waals surface area (Å²) in [7, 11) is 1.31. The first kappa shape index (κ1) is 17.4. The van der Waals surface area contributed by atoms with E-state index in [-0.39, 0.29) is 11.2 Å². The fourth-order valence-corrected chi connectivity index (χ4v) is 3.84. The van der Waals surface area contributed by atoms with E-state index in [1.165, 1.54) is 19.2 Å². The van der Waals surface area contributed by atoms with Crippen molar-refractivity contribution in [2.24, 2.45) is 5.41 Å². The van der Waals surface area contributed by atoms with Crippen molar-refractivity contribution < 1.29 is 18.7 Å². The summed E-state index contributed by atoms with van der Waals surface area (Å²) < 4.78 is 18.8. The Morgan fingerprint density at radius 2 is 2.04 bits per heavy atom. The van der Waals surface area contributed by atoms with Crippen molar-refractivity contribution in [3.8, 4) is 0 Å². The summed E-state index contributed by atoms with van der Waals surface area (Å²) in [5.41, 5.74) is 2.81. The minimum absolute atomic E-state index is 0.0121. The second kappa shape index (κ2) is 6.14. The van der Waals surface area contributed by atoms with Crippen LogP contribution in [0.2, 0.25) is 0 Å². The molecule has 1 aliphatic heterocycles. The lowest BCUT2D eigenvalue weighted by molar-refractivity contribution is -0.136. The monoisotopic (exact) mass is 343 g/mol. The standard InChI is InChI=1S/C20H22FNO3/c1-11-16(19(24)25-4)17(12-6-5-7-13(21)8-12)18-14(22-11)9-20(2,3)10-15(18)23/h5-8,17,22H,9-10H2,1-4H3/t17-/m1/s1. The van der Waals surface area contributed by atoms with E-state index < -0.39 is 17.7 Å². The van der Waals surface area contributed by atoms with E-state index in [1.807, 2.05) is 13.8 Å². The predicted octanol–water partition coefficient (Wildman–Crippen LogP) is 3.60. The lowest BCUT2D eigenvalue weighted by Crippen LogP contribution is -2.38. The Labute approximate surface area is 146 Å². The fourth-order valence-electron chi connectivity index (χ4n) is 3.84. The normalized spacial score (nSPS) is 22.4. The molecule has 0 saturated heterocycles.